The maximum absolute atomic E-state index is 5.45. The molecule has 0 amide bonds. The molecule has 0 aromatic rings. The van der Waals surface area contributed by atoms with Crippen LogP contribution < -0.4 is 17.0 Å². The molecule has 1 fully saturated rings. The van der Waals surface area contributed by atoms with Gasteiger partial charge in [0.2, 0.25) is 0 Å². The van der Waals surface area contributed by atoms with Gasteiger partial charge in [0, 0.05) is 0 Å². The largest absolute Gasteiger partial charge is 1.00 e. The van der Waals surface area contributed by atoms with Gasteiger partial charge in [-0.2, -0.15) is 0 Å². The molecule has 1 rings (SSSR count). The van der Waals surface area contributed by atoms with Crippen molar-refractivity contribution in [3.63, 3.8) is 0 Å². The van der Waals surface area contributed by atoms with E-state index in [9.17, 15) is 0 Å². The molecule has 1 saturated heterocycles. The van der Waals surface area contributed by atoms with Gasteiger partial charge in [-0.3, -0.25) is 0 Å². The van der Waals surface area contributed by atoms with Crippen LogP contribution in [-0.4, -0.2) is 43.9 Å². The van der Waals surface area contributed by atoms with Gasteiger partial charge in [-0.25, -0.2) is 0 Å². The number of hydrogen-bond acceptors (Lipinski definition) is 1. The van der Waals surface area contributed by atoms with E-state index >= 15 is 0 Å². The topological polar surface area (TPSA) is 9.23 Å². The van der Waals surface area contributed by atoms with Crippen LogP contribution in [0.25, 0.3) is 0 Å². The molecule has 0 aliphatic carbocycles. The molecule has 0 aromatic carbocycles. The van der Waals surface area contributed by atoms with Crippen molar-refractivity contribution >= 4 is 63.7 Å². The highest BCUT2D eigenvalue weighted by Gasteiger charge is 2.31. The van der Waals surface area contributed by atoms with Crippen LogP contribution in [-0.2, 0) is 4.74 Å². The molecule has 0 aromatic heterocycles. The fourth-order valence-corrected chi connectivity index (χ4v) is 3.17. The van der Waals surface area contributed by atoms with Gasteiger partial charge < -0.3 is 26.2 Å². The SMILES string of the molecule is BrC=C(Br)C[N+]1(C/C(Br)=C/Br)CCOCC1.[Br-]. The lowest BCUT2D eigenvalue weighted by Crippen LogP contribution is -3.00. The quantitative estimate of drug-likeness (QED) is 0.466. The van der Waals surface area contributed by atoms with Gasteiger partial charge in [0.05, 0.1) is 22.2 Å². The molecule has 0 saturated carbocycles. The molecule has 0 spiro atoms. The van der Waals surface area contributed by atoms with E-state index in [4.69, 9.17) is 4.74 Å². The molecule has 17 heavy (non-hydrogen) atoms. The van der Waals surface area contributed by atoms with Crippen LogP contribution in [0.2, 0.25) is 0 Å². The summed E-state index contributed by atoms with van der Waals surface area (Å²) in [6.45, 7) is 5.75. The predicted octanol–water partition coefficient (Wildman–Crippen LogP) is 1.10. The van der Waals surface area contributed by atoms with Crippen LogP contribution in [0, 0.1) is 0 Å². The van der Waals surface area contributed by atoms with Crippen molar-refractivity contribution in [3.8, 4) is 0 Å². The number of quaternary nitrogens is 1. The molecular formula is C10H14Br5NO. The second kappa shape index (κ2) is 9.66. The lowest BCUT2D eigenvalue weighted by molar-refractivity contribution is -0.925. The minimum absolute atomic E-state index is 0. The zero-order valence-corrected chi connectivity index (χ0v) is 17.1. The molecular weight excluding hydrogens is 550 g/mol. The fourth-order valence-electron chi connectivity index (χ4n) is 1.81. The number of ether oxygens (including phenoxy) is 1. The lowest BCUT2D eigenvalue weighted by Gasteiger charge is -2.41. The van der Waals surface area contributed by atoms with Crippen LogP contribution in [0.5, 0.6) is 0 Å². The van der Waals surface area contributed by atoms with Gasteiger partial charge >= 0.3 is 0 Å². The van der Waals surface area contributed by atoms with Gasteiger partial charge in [-0.1, -0.05) is 31.9 Å². The number of rotatable bonds is 4. The summed E-state index contributed by atoms with van der Waals surface area (Å²) in [6.07, 6.45) is 0. The third-order valence-corrected chi connectivity index (χ3v) is 5.92. The van der Waals surface area contributed by atoms with Crippen molar-refractivity contribution in [2.45, 2.75) is 0 Å². The Labute approximate surface area is 147 Å². The number of halogens is 5. The summed E-state index contributed by atoms with van der Waals surface area (Å²) in [5.41, 5.74) is 0. The molecule has 0 bridgehead atoms. The summed E-state index contributed by atoms with van der Waals surface area (Å²) >= 11 is 13.9. The highest BCUT2D eigenvalue weighted by Crippen LogP contribution is 2.23. The molecule has 0 radical (unpaired) electrons. The van der Waals surface area contributed by atoms with E-state index in [0.29, 0.717) is 0 Å². The van der Waals surface area contributed by atoms with E-state index in [1.807, 2.05) is 9.97 Å². The van der Waals surface area contributed by atoms with E-state index < -0.39 is 0 Å². The van der Waals surface area contributed by atoms with Crippen LogP contribution >= 0.6 is 63.7 Å². The first-order valence-electron chi connectivity index (χ1n) is 4.94. The first-order valence-corrected chi connectivity index (χ1v) is 8.36. The molecule has 7 heteroatoms. The molecule has 0 N–H and O–H groups in total. The van der Waals surface area contributed by atoms with Gasteiger partial charge in [0.1, 0.15) is 26.2 Å². The molecule has 1 aliphatic rings. The molecule has 1 heterocycles. The normalized spacial score (nSPS) is 20.9. The summed E-state index contributed by atoms with van der Waals surface area (Å²) in [7, 11) is 0. The van der Waals surface area contributed by atoms with Crippen molar-refractivity contribution in [2.24, 2.45) is 0 Å². The van der Waals surface area contributed by atoms with Gasteiger partial charge in [-0.05, 0) is 41.8 Å². The van der Waals surface area contributed by atoms with Crippen molar-refractivity contribution < 1.29 is 26.2 Å². The van der Waals surface area contributed by atoms with Crippen LogP contribution in [0.15, 0.2) is 18.9 Å². The molecule has 1 aliphatic heterocycles. The monoisotopic (exact) mass is 559 g/mol. The Balaban J connectivity index is 0.00000256. The van der Waals surface area contributed by atoms with Crippen LogP contribution in [0.3, 0.4) is 0 Å². The smallest absolute Gasteiger partial charge is 0.112 e. The maximum Gasteiger partial charge on any atom is 0.112 e. The van der Waals surface area contributed by atoms with E-state index in [1.165, 1.54) is 8.96 Å². The van der Waals surface area contributed by atoms with Crippen LogP contribution in [0.4, 0.5) is 0 Å². The average molecular weight is 564 g/mol. The summed E-state index contributed by atoms with van der Waals surface area (Å²) in [4.78, 5) is 3.88. The standard InChI is InChI=1S/C10H14Br4NO.BrH/c11-5-9(13)7-15(8-10(14)6-12)1-3-16-4-2-15;/h5-6H,1-4,7-8H2;1H/q+1;/p-1/b9-5-,10-6?;. The zero-order chi connectivity index (χ0) is 12.0. The Hall–Kier alpha value is 1.80. The minimum atomic E-state index is 0. The van der Waals surface area contributed by atoms with Gasteiger partial charge in [0.25, 0.3) is 0 Å². The van der Waals surface area contributed by atoms with E-state index in [0.717, 1.165) is 43.9 Å². The number of morpholine rings is 1. The van der Waals surface area contributed by atoms with Crippen molar-refractivity contribution in [3.05, 3.63) is 18.9 Å². The summed E-state index contributed by atoms with van der Waals surface area (Å²) in [5, 5.41) is 0. The third kappa shape index (κ3) is 6.68. The predicted molar refractivity (Wildman–Crippen MR) is 82.4 cm³/mol. The Bertz CT molecular complexity index is 264. The highest BCUT2D eigenvalue weighted by atomic mass is 79.9. The lowest BCUT2D eigenvalue weighted by atomic mass is 10.3. The van der Waals surface area contributed by atoms with E-state index in [1.54, 1.807) is 0 Å². The summed E-state index contributed by atoms with van der Waals surface area (Å²) < 4.78 is 8.83. The number of nitrogens with zero attached hydrogens (tertiary/aromatic N) is 1. The van der Waals surface area contributed by atoms with Crippen molar-refractivity contribution in [2.75, 3.05) is 39.4 Å². The number of hydrogen-bond donors (Lipinski definition) is 0. The summed E-state index contributed by atoms with van der Waals surface area (Å²) in [5.74, 6) is 0. The maximum atomic E-state index is 5.45. The third-order valence-electron chi connectivity index (χ3n) is 2.63. The summed E-state index contributed by atoms with van der Waals surface area (Å²) in [6, 6.07) is 0. The fraction of sp³-hybridized carbons (Fsp3) is 0.600. The van der Waals surface area contributed by atoms with Crippen molar-refractivity contribution in [1.82, 2.24) is 0 Å². The second-order valence-corrected chi connectivity index (χ2v) is 6.78. The Morgan fingerprint density at radius 3 is 1.76 bits per heavy atom. The Kier molecular flexibility index (Phi) is 10.7. The Morgan fingerprint density at radius 2 is 1.41 bits per heavy atom. The van der Waals surface area contributed by atoms with Crippen molar-refractivity contribution in [1.29, 1.82) is 0 Å². The molecule has 100 valence electrons. The second-order valence-electron chi connectivity index (χ2n) is 3.83. The molecule has 0 unspecified atom stereocenters. The molecule has 0 atom stereocenters. The minimum Gasteiger partial charge on any atom is -1.00 e. The molecule has 2 nitrogen and oxygen atoms in total. The van der Waals surface area contributed by atoms with E-state index in [-0.39, 0.29) is 17.0 Å². The van der Waals surface area contributed by atoms with E-state index in [2.05, 4.69) is 63.7 Å². The highest BCUT2D eigenvalue weighted by molar-refractivity contribution is 9.14. The first kappa shape index (κ1) is 18.8. The average Bonchev–Trinajstić information content (AvgIpc) is 2.29. The van der Waals surface area contributed by atoms with Gasteiger partial charge in [-0.15, -0.1) is 0 Å². The zero-order valence-electron chi connectivity index (χ0n) is 9.14. The first-order chi connectivity index (χ1) is 7.62. The van der Waals surface area contributed by atoms with Crippen LogP contribution in [0.1, 0.15) is 0 Å². The van der Waals surface area contributed by atoms with Gasteiger partial charge in [0.15, 0.2) is 0 Å². The Morgan fingerprint density at radius 1 is 1.00 bits per heavy atom.